The molecule has 0 aliphatic rings. The monoisotopic (exact) mass is 397 g/mol. The molecule has 0 unspecified atom stereocenters. The maximum absolute atomic E-state index is 12.0. The number of nitrogens with one attached hydrogen (secondary N) is 2. The maximum Gasteiger partial charge on any atom is 0.269 e. The number of benzene rings is 2. The lowest BCUT2D eigenvalue weighted by atomic mass is 10.2. The molecule has 0 aliphatic carbocycles. The van der Waals surface area contributed by atoms with Gasteiger partial charge in [-0.1, -0.05) is 18.7 Å². The van der Waals surface area contributed by atoms with E-state index in [1.165, 1.54) is 43.5 Å². The minimum absolute atomic E-state index is 0.134. The molecule has 0 radical (unpaired) electrons. The number of non-ortho nitro benzene ring substituents is 1. The van der Waals surface area contributed by atoms with Gasteiger partial charge in [0, 0.05) is 23.8 Å². The predicted octanol–water partition coefficient (Wildman–Crippen LogP) is 2.64. The zero-order chi connectivity index (χ0) is 21.2. The Labute approximate surface area is 166 Å². The van der Waals surface area contributed by atoms with Crippen molar-refractivity contribution in [2.45, 2.75) is 0 Å². The van der Waals surface area contributed by atoms with Crippen molar-refractivity contribution in [3.8, 4) is 11.5 Å². The number of hydrogen-bond acceptors (Lipinski definition) is 6. The Kier molecular flexibility index (Phi) is 7.49. The van der Waals surface area contributed by atoms with Crippen LogP contribution in [0.5, 0.6) is 11.5 Å². The van der Waals surface area contributed by atoms with Gasteiger partial charge in [-0.25, -0.2) is 0 Å². The summed E-state index contributed by atoms with van der Waals surface area (Å²) in [5.41, 5.74) is 5.17. The van der Waals surface area contributed by atoms with E-state index in [-0.39, 0.29) is 11.3 Å². The first-order valence-corrected chi connectivity index (χ1v) is 8.39. The molecule has 0 spiro atoms. The molecule has 0 fully saturated rings. The van der Waals surface area contributed by atoms with Gasteiger partial charge < -0.3 is 9.47 Å². The van der Waals surface area contributed by atoms with Crippen molar-refractivity contribution in [3.05, 3.63) is 82.4 Å². The second kappa shape index (κ2) is 10.3. The van der Waals surface area contributed by atoms with Gasteiger partial charge in [-0.3, -0.25) is 30.6 Å². The first-order valence-electron chi connectivity index (χ1n) is 8.39. The molecule has 2 amide bonds. The molecular weight excluding hydrogens is 378 g/mol. The fraction of sp³-hybridized carbons (Fsp3) is 0.100. The number of hydrazine groups is 1. The van der Waals surface area contributed by atoms with Gasteiger partial charge in [0.05, 0.1) is 12.0 Å². The molecule has 9 heteroatoms. The lowest BCUT2D eigenvalue weighted by Gasteiger charge is -2.09. The van der Waals surface area contributed by atoms with Gasteiger partial charge in [0.1, 0.15) is 6.61 Å². The summed E-state index contributed by atoms with van der Waals surface area (Å²) >= 11 is 0. The molecule has 29 heavy (non-hydrogen) atoms. The van der Waals surface area contributed by atoms with Gasteiger partial charge in [0.2, 0.25) is 0 Å². The molecule has 9 nitrogen and oxygen atoms in total. The molecule has 0 bridgehead atoms. The second-order valence-electron chi connectivity index (χ2n) is 5.59. The molecule has 2 aromatic carbocycles. The predicted molar refractivity (Wildman–Crippen MR) is 106 cm³/mol. The van der Waals surface area contributed by atoms with E-state index < -0.39 is 16.7 Å². The molecule has 0 aliphatic heterocycles. The Bertz CT molecular complexity index is 938. The molecule has 0 saturated carbocycles. The highest BCUT2D eigenvalue weighted by Crippen LogP contribution is 2.28. The fourth-order valence-corrected chi connectivity index (χ4v) is 2.19. The first-order chi connectivity index (χ1) is 13.9. The quantitative estimate of drug-likeness (QED) is 0.306. The second-order valence-corrected chi connectivity index (χ2v) is 5.59. The Balaban J connectivity index is 1.92. The number of amides is 2. The van der Waals surface area contributed by atoms with E-state index in [1.54, 1.807) is 24.3 Å². The Morgan fingerprint density at radius 1 is 1.14 bits per heavy atom. The van der Waals surface area contributed by atoms with Crippen LogP contribution in [0.2, 0.25) is 0 Å². The summed E-state index contributed by atoms with van der Waals surface area (Å²) in [6.07, 6.45) is 4.38. The summed E-state index contributed by atoms with van der Waals surface area (Å²) in [5, 5.41) is 10.6. The average Bonchev–Trinajstić information content (AvgIpc) is 2.74. The Morgan fingerprint density at radius 2 is 1.86 bits per heavy atom. The van der Waals surface area contributed by atoms with Crippen LogP contribution in [0.1, 0.15) is 15.9 Å². The van der Waals surface area contributed by atoms with Crippen LogP contribution in [0.15, 0.2) is 61.2 Å². The van der Waals surface area contributed by atoms with Gasteiger partial charge in [-0.15, -0.1) is 0 Å². The lowest BCUT2D eigenvalue weighted by molar-refractivity contribution is -0.384. The summed E-state index contributed by atoms with van der Waals surface area (Å²) in [4.78, 5) is 33.9. The summed E-state index contributed by atoms with van der Waals surface area (Å²) in [6.45, 7) is 3.91. The number of nitrogens with zero attached hydrogens (tertiary/aromatic N) is 1. The van der Waals surface area contributed by atoms with Crippen molar-refractivity contribution in [3.63, 3.8) is 0 Å². The van der Waals surface area contributed by atoms with Crippen LogP contribution in [-0.4, -0.2) is 30.5 Å². The smallest absolute Gasteiger partial charge is 0.269 e. The molecule has 2 aromatic rings. The van der Waals surface area contributed by atoms with Gasteiger partial charge in [0.25, 0.3) is 17.5 Å². The zero-order valence-electron chi connectivity index (χ0n) is 15.6. The first kappa shape index (κ1) is 21.2. The summed E-state index contributed by atoms with van der Waals surface area (Å²) in [5.74, 6) is -0.122. The summed E-state index contributed by atoms with van der Waals surface area (Å²) in [7, 11) is 1.50. The number of carbonyl (C=O) groups is 2. The molecular formula is C20H19N3O6. The maximum atomic E-state index is 12.0. The van der Waals surface area contributed by atoms with Crippen molar-refractivity contribution in [2.75, 3.05) is 13.7 Å². The molecule has 2 rings (SSSR count). The van der Waals surface area contributed by atoms with E-state index >= 15 is 0 Å². The Hall–Kier alpha value is -4.14. The van der Waals surface area contributed by atoms with Gasteiger partial charge >= 0.3 is 0 Å². The molecule has 150 valence electrons. The highest BCUT2D eigenvalue weighted by atomic mass is 16.6. The third-order valence-corrected chi connectivity index (χ3v) is 3.61. The van der Waals surface area contributed by atoms with E-state index in [1.807, 2.05) is 0 Å². The van der Waals surface area contributed by atoms with Crippen molar-refractivity contribution >= 4 is 23.6 Å². The van der Waals surface area contributed by atoms with Crippen LogP contribution in [0.3, 0.4) is 0 Å². The minimum atomic E-state index is -0.605. The standard InChI is InChI=1S/C20H19N3O6/c1-3-12-29-17-10-4-14(13-18(17)28-2)5-11-19(24)21-22-20(25)15-6-8-16(9-7-15)23(26)27/h3-11,13H,1,12H2,2H3,(H,21,24)(H,22,25)/b11-5+. The lowest BCUT2D eigenvalue weighted by Crippen LogP contribution is -2.40. The van der Waals surface area contributed by atoms with Crippen LogP contribution < -0.4 is 20.3 Å². The third kappa shape index (κ3) is 6.21. The number of ether oxygens (including phenoxy) is 2. The summed E-state index contributed by atoms with van der Waals surface area (Å²) < 4.78 is 10.7. The number of carbonyl (C=O) groups excluding carboxylic acids is 2. The van der Waals surface area contributed by atoms with Crippen molar-refractivity contribution in [1.29, 1.82) is 0 Å². The van der Waals surface area contributed by atoms with Crippen LogP contribution in [0, 0.1) is 10.1 Å². The van der Waals surface area contributed by atoms with E-state index in [2.05, 4.69) is 17.4 Å². The van der Waals surface area contributed by atoms with Gasteiger partial charge in [-0.2, -0.15) is 0 Å². The normalized spacial score (nSPS) is 10.2. The fourth-order valence-electron chi connectivity index (χ4n) is 2.19. The number of nitro benzene ring substituents is 1. The van der Waals surface area contributed by atoms with Crippen molar-refractivity contribution < 1.29 is 24.0 Å². The molecule has 0 aromatic heterocycles. The third-order valence-electron chi connectivity index (χ3n) is 3.61. The highest BCUT2D eigenvalue weighted by Gasteiger charge is 2.10. The van der Waals surface area contributed by atoms with Crippen LogP contribution in [0.25, 0.3) is 6.08 Å². The van der Waals surface area contributed by atoms with E-state index in [4.69, 9.17) is 9.47 Å². The van der Waals surface area contributed by atoms with E-state index in [0.29, 0.717) is 23.7 Å². The van der Waals surface area contributed by atoms with E-state index in [9.17, 15) is 19.7 Å². The molecule has 0 atom stereocenters. The van der Waals surface area contributed by atoms with Gasteiger partial charge in [0.15, 0.2) is 11.5 Å². The number of methoxy groups -OCH3 is 1. The van der Waals surface area contributed by atoms with Crippen LogP contribution in [0.4, 0.5) is 5.69 Å². The van der Waals surface area contributed by atoms with Crippen molar-refractivity contribution in [1.82, 2.24) is 10.9 Å². The average molecular weight is 397 g/mol. The largest absolute Gasteiger partial charge is 0.493 e. The number of hydrogen-bond donors (Lipinski definition) is 2. The number of rotatable bonds is 8. The van der Waals surface area contributed by atoms with E-state index in [0.717, 1.165) is 0 Å². The minimum Gasteiger partial charge on any atom is -0.493 e. The zero-order valence-corrected chi connectivity index (χ0v) is 15.6. The SMILES string of the molecule is C=CCOc1ccc(/C=C/C(=O)NNC(=O)c2ccc([N+](=O)[O-])cc2)cc1OC. The Morgan fingerprint density at radius 3 is 2.48 bits per heavy atom. The number of nitro groups is 1. The van der Waals surface area contributed by atoms with Crippen LogP contribution in [-0.2, 0) is 4.79 Å². The summed E-state index contributed by atoms with van der Waals surface area (Å²) in [6, 6.07) is 10.1. The molecule has 0 saturated heterocycles. The molecule has 2 N–H and O–H groups in total. The topological polar surface area (TPSA) is 120 Å². The van der Waals surface area contributed by atoms with Crippen molar-refractivity contribution in [2.24, 2.45) is 0 Å². The van der Waals surface area contributed by atoms with Gasteiger partial charge in [-0.05, 0) is 35.9 Å². The van der Waals surface area contributed by atoms with Crippen LogP contribution >= 0.6 is 0 Å². The molecule has 0 heterocycles. The highest BCUT2D eigenvalue weighted by molar-refractivity contribution is 5.98.